The summed E-state index contributed by atoms with van der Waals surface area (Å²) in [4.78, 5) is 4.64. The van der Waals surface area contributed by atoms with E-state index in [1.165, 1.54) is 0 Å². The molecule has 0 amide bonds. The zero-order valence-electron chi connectivity index (χ0n) is 14.6. The molecule has 0 spiro atoms. The van der Waals surface area contributed by atoms with Crippen LogP contribution >= 0.6 is 0 Å². The second kappa shape index (κ2) is 5.67. The molecule has 1 saturated heterocycles. The summed E-state index contributed by atoms with van der Waals surface area (Å²) in [6, 6.07) is 0. The van der Waals surface area contributed by atoms with Crippen LogP contribution in [0.4, 0.5) is 0 Å². The van der Waals surface area contributed by atoms with Gasteiger partial charge in [0.25, 0.3) is 0 Å². The minimum Gasteiger partial charge on any atom is -0.398 e. The van der Waals surface area contributed by atoms with Gasteiger partial charge in [-0.15, -0.1) is 0 Å². The smallest absolute Gasteiger partial charge is 0.398 e. The zero-order valence-corrected chi connectivity index (χ0v) is 14.6. The number of allylic oxidation sites excluding steroid dienone is 3. The largest absolute Gasteiger partial charge is 0.514 e. The van der Waals surface area contributed by atoms with E-state index >= 15 is 0 Å². The molecule has 2 heterocycles. The molecule has 2 rings (SSSR count). The number of dihydropyridines is 1. The van der Waals surface area contributed by atoms with Gasteiger partial charge < -0.3 is 14.6 Å². The Morgan fingerprint density at radius 1 is 1.18 bits per heavy atom. The van der Waals surface area contributed by atoms with Gasteiger partial charge in [-0.2, -0.15) is 0 Å². The highest BCUT2D eigenvalue weighted by Gasteiger charge is 2.53. The van der Waals surface area contributed by atoms with Gasteiger partial charge in [-0.1, -0.05) is 13.8 Å². The van der Waals surface area contributed by atoms with Crippen molar-refractivity contribution in [3.63, 3.8) is 0 Å². The summed E-state index contributed by atoms with van der Waals surface area (Å²) in [7, 11) is 1.35. The minimum absolute atomic E-state index is 0.259. The number of hydrogen-bond acceptors (Lipinski definition) is 5. The highest BCUT2D eigenvalue weighted by atomic mass is 16.7. The number of rotatable bonds is 3. The first-order valence-electron chi connectivity index (χ1n) is 7.72. The Kier molecular flexibility index (Phi) is 4.37. The summed E-state index contributed by atoms with van der Waals surface area (Å²) in [5, 5.41) is 11.3. The second-order valence-corrected chi connectivity index (χ2v) is 7.04. The molecule has 0 atom stereocenters. The van der Waals surface area contributed by atoms with Crippen LogP contribution in [-0.2, 0) is 9.31 Å². The Morgan fingerprint density at radius 2 is 1.73 bits per heavy atom. The number of hydrogen-bond donors (Lipinski definition) is 2. The van der Waals surface area contributed by atoms with E-state index in [2.05, 4.69) is 24.2 Å². The fraction of sp³-hybridized carbons (Fsp3) is 0.625. The van der Waals surface area contributed by atoms with Crippen molar-refractivity contribution in [2.45, 2.75) is 52.7 Å². The molecular weight excluding hydrogens is 277 g/mol. The quantitative estimate of drug-likeness (QED) is 0.788. The van der Waals surface area contributed by atoms with E-state index in [0.29, 0.717) is 17.0 Å². The van der Waals surface area contributed by atoms with Crippen molar-refractivity contribution in [3.05, 3.63) is 23.5 Å². The molecule has 0 bridgehead atoms. The Hall–Kier alpha value is -1.40. The fourth-order valence-electron chi connectivity index (χ4n) is 2.46. The van der Waals surface area contributed by atoms with Crippen molar-refractivity contribution in [2.24, 2.45) is 10.9 Å². The van der Waals surface area contributed by atoms with Crippen molar-refractivity contribution < 1.29 is 9.31 Å². The maximum absolute atomic E-state index is 8.12. The third-order valence-electron chi connectivity index (χ3n) is 4.51. The van der Waals surface area contributed by atoms with Gasteiger partial charge in [-0.05, 0) is 45.8 Å². The van der Waals surface area contributed by atoms with Crippen LogP contribution in [0.1, 0.15) is 41.5 Å². The van der Waals surface area contributed by atoms with E-state index < -0.39 is 18.3 Å². The molecule has 22 heavy (non-hydrogen) atoms. The van der Waals surface area contributed by atoms with Gasteiger partial charge >= 0.3 is 7.12 Å². The molecule has 1 fully saturated rings. The molecule has 2 aliphatic heterocycles. The number of aliphatic imine (C=N–C) groups is 1. The van der Waals surface area contributed by atoms with E-state index in [-0.39, 0.29) is 5.92 Å². The van der Waals surface area contributed by atoms with Crippen LogP contribution in [-0.4, -0.2) is 36.7 Å². The molecular formula is C16H26BN3O2. The van der Waals surface area contributed by atoms with Crippen LogP contribution in [0.25, 0.3) is 0 Å². The Morgan fingerprint density at radius 3 is 2.18 bits per heavy atom. The summed E-state index contributed by atoms with van der Waals surface area (Å²) >= 11 is 0. The SMILES string of the molecule is CN/C(=C1/N=C(B2OC(C)(C)C(C)(C)O2)C=CC1=N)C(C)C. The Balaban J connectivity index is 2.38. The maximum Gasteiger partial charge on any atom is 0.514 e. The molecule has 0 aromatic heterocycles. The molecule has 120 valence electrons. The molecule has 0 aliphatic carbocycles. The van der Waals surface area contributed by atoms with Crippen LogP contribution in [0.2, 0.25) is 0 Å². The van der Waals surface area contributed by atoms with E-state index in [1.54, 1.807) is 6.08 Å². The van der Waals surface area contributed by atoms with Gasteiger partial charge in [-0.3, -0.25) is 10.4 Å². The molecule has 0 saturated carbocycles. The number of nitrogens with zero attached hydrogens (tertiary/aromatic N) is 1. The van der Waals surface area contributed by atoms with Crippen molar-refractivity contribution in [1.82, 2.24) is 5.32 Å². The Bertz CT molecular complexity index is 558. The Labute approximate surface area is 133 Å². The zero-order chi connectivity index (χ0) is 16.7. The van der Waals surface area contributed by atoms with E-state index in [9.17, 15) is 0 Å². The predicted molar refractivity (Wildman–Crippen MR) is 91.3 cm³/mol. The van der Waals surface area contributed by atoms with Crippen LogP contribution < -0.4 is 5.32 Å². The van der Waals surface area contributed by atoms with Gasteiger partial charge in [0.1, 0.15) is 5.70 Å². The first-order valence-corrected chi connectivity index (χ1v) is 7.72. The monoisotopic (exact) mass is 303 g/mol. The van der Waals surface area contributed by atoms with Gasteiger partial charge in [0, 0.05) is 12.7 Å². The van der Waals surface area contributed by atoms with Crippen LogP contribution in [0.15, 0.2) is 28.5 Å². The van der Waals surface area contributed by atoms with Gasteiger partial charge in [0.2, 0.25) is 0 Å². The number of nitrogens with one attached hydrogen (secondary N) is 2. The van der Waals surface area contributed by atoms with E-state index in [1.807, 2.05) is 40.8 Å². The summed E-state index contributed by atoms with van der Waals surface area (Å²) in [6.07, 6.45) is 3.56. The minimum atomic E-state index is -0.505. The topological polar surface area (TPSA) is 66.7 Å². The lowest BCUT2D eigenvalue weighted by atomic mass is 9.80. The van der Waals surface area contributed by atoms with Crippen LogP contribution in [0, 0.1) is 11.3 Å². The molecule has 5 nitrogen and oxygen atoms in total. The predicted octanol–water partition coefficient (Wildman–Crippen LogP) is 2.74. The van der Waals surface area contributed by atoms with Crippen LogP contribution in [0.3, 0.4) is 0 Å². The highest BCUT2D eigenvalue weighted by molar-refractivity contribution is 6.85. The normalized spacial score (nSPS) is 25.5. The third-order valence-corrected chi connectivity index (χ3v) is 4.51. The third kappa shape index (κ3) is 2.90. The molecule has 0 aromatic carbocycles. The average molecular weight is 303 g/mol. The first-order chi connectivity index (χ1) is 10.1. The maximum atomic E-state index is 8.12. The first kappa shape index (κ1) is 17.0. The van der Waals surface area contributed by atoms with Crippen molar-refractivity contribution in [2.75, 3.05) is 7.05 Å². The summed E-state index contributed by atoms with van der Waals surface area (Å²) in [5.41, 5.74) is 1.92. The second-order valence-electron chi connectivity index (χ2n) is 7.04. The van der Waals surface area contributed by atoms with Crippen molar-refractivity contribution >= 4 is 18.4 Å². The lowest BCUT2D eigenvalue weighted by molar-refractivity contribution is 0.00578. The summed E-state index contributed by atoms with van der Waals surface area (Å²) in [6.45, 7) is 12.2. The lowest BCUT2D eigenvalue weighted by Crippen LogP contribution is -2.41. The summed E-state index contributed by atoms with van der Waals surface area (Å²) in [5.74, 6) is 0.259. The van der Waals surface area contributed by atoms with Gasteiger partial charge in [0.05, 0.1) is 22.5 Å². The van der Waals surface area contributed by atoms with E-state index in [0.717, 1.165) is 5.70 Å². The van der Waals surface area contributed by atoms with Crippen molar-refractivity contribution in [3.8, 4) is 0 Å². The fourth-order valence-corrected chi connectivity index (χ4v) is 2.46. The van der Waals surface area contributed by atoms with Crippen LogP contribution in [0.5, 0.6) is 0 Å². The molecule has 2 aliphatic rings. The van der Waals surface area contributed by atoms with E-state index in [4.69, 9.17) is 14.7 Å². The molecule has 0 aromatic rings. The highest BCUT2D eigenvalue weighted by Crippen LogP contribution is 2.37. The van der Waals surface area contributed by atoms with Gasteiger partial charge in [-0.25, -0.2) is 0 Å². The molecule has 6 heteroatoms. The molecule has 0 unspecified atom stereocenters. The molecule has 2 N–H and O–H groups in total. The standard InChI is InChI=1S/C16H26BN3O2/c1-10(2)13(19-7)14-11(18)8-9-12(20-14)17-21-15(3,4)16(5,6)22-17/h8-10,18-19H,1-7H3/b14-13+,18-11?. The summed E-state index contributed by atoms with van der Waals surface area (Å²) < 4.78 is 12.1. The lowest BCUT2D eigenvalue weighted by Gasteiger charge is -2.32. The van der Waals surface area contributed by atoms with Crippen molar-refractivity contribution in [1.29, 1.82) is 5.41 Å². The van der Waals surface area contributed by atoms with Gasteiger partial charge in [0.15, 0.2) is 0 Å². The average Bonchev–Trinajstić information content (AvgIpc) is 2.61. The molecule has 0 radical (unpaired) electrons.